The van der Waals surface area contributed by atoms with Crippen molar-refractivity contribution >= 4 is 24.3 Å². The summed E-state index contributed by atoms with van der Waals surface area (Å²) in [5.74, 6) is 1.20. The summed E-state index contributed by atoms with van der Waals surface area (Å²) in [5, 5.41) is 13.3. The molecule has 1 aliphatic heterocycles. The molecule has 1 spiro atoms. The van der Waals surface area contributed by atoms with Crippen molar-refractivity contribution in [2.45, 2.75) is 45.4 Å². The Bertz CT molecular complexity index is 803. The number of nitrogens with zero attached hydrogens (tertiary/aromatic N) is 2. The van der Waals surface area contributed by atoms with Gasteiger partial charge in [-0.3, -0.25) is 15.2 Å². The van der Waals surface area contributed by atoms with E-state index in [1.54, 1.807) is 0 Å². The van der Waals surface area contributed by atoms with Crippen molar-refractivity contribution in [3.8, 4) is 11.4 Å². The van der Waals surface area contributed by atoms with Gasteiger partial charge in [0.15, 0.2) is 5.82 Å². The van der Waals surface area contributed by atoms with Crippen LogP contribution in [0.3, 0.4) is 0 Å². The monoisotopic (exact) mass is 389 g/mol. The number of piperidine rings is 1. The Labute approximate surface area is 166 Å². The molecule has 1 unspecified atom stereocenters. The largest absolute Gasteiger partial charge is 0.317 e. The molecule has 1 atom stereocenters. The second-order valence-corrected chi connectivity index (χ2v) is 8.69. The van der Waals surface area contributed by atoms with Crippen molar-refractivity contribution in [1.82, 2.24) is 20.5 Å². The lowest BCUT2D eigenvalue weighted by Crippen LogP contribution is -2.31. The first kappa shape index (κ1) is 19.8. The lowest BCUT2D eigenvalue weighted by atomic mass is 9.87. The summed E-state index contributed by atoms with van der Waals surface area (Å²) in [7, 11) is 0. The fraction of sp³-hybridized carbons (Fsp3) is 0.550. The smallest absolute Gasteiger partial charge is 0.249 e. The van der Waals surface area contributed by atoms with E-state index in [2.05, 4.69) is 58.7 Å². The summed E-state index contributed by atoms with van der Waals surface area (Å²) >= 11 is 0. The molecule has 7 heteroatoms. The van der Waals surface area contributed by atoms with Gasteiger partial charge in [-0.15, -0.1) is 17.5 Å². The summed E-state index contributed by atoms with van der Waals surface area (Å²) in [6, 6.07) is 8.30. The summed E-state index contributed by atoms with van der Waals surface area (Å²) in [5.41, 5.74) is 2.58. The van der Waals surface area contributed by atoms with E-state index in [9.17, 15) is 4.79 Å². The van der Waals surface area contributed by atoms with Crippen molar-refractivity contribution < 1.29 is 4.79 Å². The number of rotatable bonds is 3. The van der Waals surface area contributed by atoms with Crippen LogP contribution in [0.5, 0.6) is 0 Å². The van der Waals surface area contributed by atoms with Crippen LogP contribution in [0.1, 0.15) is 45.6 Å². The summed E-state index contributed by atoms with van der Waals surface area (Å²) in [6.45, 7) is 8.60. The highest BCUT2D eigenvalue weighted by atomic mass is 35.5. The van der Waals surface area contributed by atoms with E-state index in [1.165, 1.54) is 5.56 Å². The van der Waals surface area contributed by atoms with Crippen LogP contribution in [0.15, 0.2) is 24.3 Å². The number of benzene rings is 1. The maximum atomic E-state index is 12.5. The van der Waals surface area contributed by atoms with Gasteiger partial charge in [0, 0.05) is 11.5 Å². The summed E-state index contributed by atoms with van der Waals surface area (Å²) in [6.07, 6.45) is 3.17. The van der Waals surface area contributed by atoms with E-state index in [4.69, 9.17) is 0 Å². The molecule has 3 N–H and O–H groups in total. The van der Waals surface area contributed by atoms with Gasteiger partial charge in [-0.05, 0) is 48.7 Å². The molecule has 27 heavy (non-hydrogen) atoms. The minimum atomic E-state index is 0. The van der Waals surface area contributed by atoms with E-state index in [-0.39, 0.29) is 35.1 Å². The molecule has 1 aliphatic carbocycles. The van der Waals surface area contributed by atoms with Gasteiger partial charge in [-0.2, -0.15) is 4.98 Å². The van der Waals surface area contributed by atoms with Crippen molar-refractivity contribution in [3.63, 3.8) is 0 Å². The van der Waals surface area contributed by atoms with E-state index < -0.39 is 0 Å². The third kappa shape index (κ3) is 4.01. The highest BCUT2D eigenvalue weighted by molar-refractivity contribution is 5.93. The van der Waals surface area contributed by atoms with E-state index in [0.717, 1.165) is 37.9 Å². The molecule has 2 aromatic rings. The molecule has 4 rings (SSSR count). The average molecular weight is 390 g/mol. The molecule has 2 aliphatic rings. The van der Waals surface area contributed by atoms with Crippen LogP contribution in [-0.4, -0.2) is 34.2 Å². The third-order valence-electron chi connectivity index (χ3n) is 5.85. The van der Waals surface area contributed by atoms with Gasteiger partial charge in [0.25, 0.3) is 0 Å². The van der Waals surface area contributed by atoms with Gasteiger partial charge in [0.1, 0.15) is 0 Å². The van der Waals surface area contributed by atoms with Crippen LogP contribution in [0.25, 0.3) is 11.4 Å². The Balaban J connectivity index is 0.00000210. The van der Waals surface area contributed by atoms with Crippen LogP contribution in [0, 0.1) is 11.3 Å². The molecule has 0 bridgehead atoms. The van der Waals surface area contributed by atoms with Gasteiger partial charge in [-0.25, -0.2) is 0 Å². The Morgan fingerprint density at radius 3 is 2.48 bits per heavy atom. The molecule has 1 aromatic heterocycles. The number of nitrogens with one attached hydrogen (secondary N) is 3. The number of halogens is 1. The Morgan fingerprint density at radius 2 is 1.85 bits per heavy atom. The molecule has 2 fully saturated rings. The second kappa shape index (κ2) is 7.24. The number of carbonyl (C=O) groups is 1. The van der Waals surface area contributed by atoms with Crippen molar-refractivity contribution in [2.75, 3.05) is 18.4 Å². The molecular weight excluding hydrogens is 362 g/mol. The molecule has 0 radical (unpaired) electrons. The van der Waals surface area contributed by atoms with Gasteiger partial charge in [0.2, 0.25) is 11.9 Å². The second-order valence-electron chi connectivity index (χ2n) is 8.69. The molecule has 1 saturated heterocycles. The molecule has 1 aromatic carbocycles. The van der Waals surface area contributed by atoms with Crippen LogP contribution >= 0.6 is 12.4 Å². The maximum absolute atomic E-state index is 12.5. The van der Waals surface area contributed by atoms with Crippen molar-refractivity contribution in [2.24, 2.45) is 11.3 Å². The Kier molecular flexibility index (Phi) is 5.32. The number of anilines is 1. The predicted molar refractivity (Wildman–Crippen MR) is 109 cm³/mol. The van der Waals surface area contributed by atoms with Crippen LogP contribution in [0.2, 0.25) is 0 Å². The summed E-state index contributed by atoms with van der Waals surface area (Å²) < 4.78 is 0. The lowest BCUT2D eigenvalue weighted by Gasteiger charge is -2.22. The van der Waals surface area contributed by atoms with Crippen molar-refractivity contribution in [1.29, 1.82) is 0 Å². The topological polar surface area (TPSA) is 82.7 Å². The van der Waals surface area contributed by atoms with Gasteiger partial charge in [-0.1, -0.05) is 45.0 Å². The van der Waals surface area contributed by atoms with Gasteiger partial charge < -0.3 is 5.32 Å². The maximum Gasteiger partial charge on any atom is 0.249 e. The molecule has 1 saturated carbocycles. The highest BCUT2D eigenvalue weighted by Gasteiger charge is 2.57. The SMILES string of the molecule is CC(C)(C)c1ccc(-c2nc(NC(=O)C3CC34CCNCC4)n[nH]2)cc1.Cl. The Hall–Kier alpha value is -1.92. The first-order valence-corrected chi connectivity index (χ1v) is 9.42. The lowest BCUT2D eigenvalue weighted by molar-refractivity contribution is -0.118. The molecule has 146 valence electrons. The fourth-order valence-electron chi connectivity index (χ4n) is 3.97. The zero-order chi connectivity index (χ0) is 18.4. The van der Waals surface area contributed by atoms with Crippen LogP contribution < -0.4 is 10.6 Å². The predicted octanol–water partition coefficient (Wildman–Crippen LogP) is 3.52. The zero-order valence-corrected chi connectivity index (χ0v) is 16.9. The molecule has 2 heterocycles. The number of hydrogen-bond acceptors (Lipinski definition) is 4. The van der Waals surface area contributed by atoms with Crippen molar-refractivity contribution in [3.05, 3.63) is 29.8 Å². The van der Waals surface area contributed by atoms with Gasteiger partial charge >= 0.3 is 0 Å². The minimum Gasteiger partial charge on any atom is -0.317 e. The van der Waals surface area contributed by atoms with E-state index >= 15 is 0 Å². The number of H-pyrrole nitrogens is 1. The number of hydrogen-bond donors (Lipinski definition) is 3. The van der Waals surface area contributed by atoms with Crippen LogP contribution in [0.4, 0.5) is 5.95 Å². The first-order valence-electron chi connectivity index (χ1n) is 9.42. The minimum absolute atomic E-state index is 0. The quantitative estimate of drug-likeness (QED) is 0.750. The Morgan fingerprint density at radius 1 is 1.19 bits per heavy atom. The number of amides is 1. The van der Waals surface area contributed by atoms with E-state index in [1.807, 2.05) is 12.1 Å². The first-order chi connectivity index (χ1) is 12.4. The standard InChI is InChI=1S/C20H27N5O.ClH/c1-19(2,3)14-6-4-13(5-7-14)16-22-18(25-24-16)23-17(26)15-12-20(15)8-10-21-11-9-20;/h4-7,15,21H,8-12H2,1-3H3,(H2,22,23,24,25,26);1H. The normalized spacial score (nSPS) is 20.8. The molecule has 6 nitrogen and oxygen atoms in total. The average Bonchev–Trinajstić information content (AvgIpc) is 3.10. The number of aromatic amines is 1. The fourth-order valence-corrected chi connectivity index (χ4v) is 3.97. The van der Waals surface area contributed by atoms with Crippen LogP contribution in [-0.2, 0) is 10.2 Å². The molecule has 1 amide bonds. The number of carbonyl (C=O) groups excluding carboxylic acids is 1. The summed E-state index contributed by atoms with van der Waals surface area (Å²) in [4.78, 5) is 17.0. The number of aromatic nitrogens is 3. The molecular formula is C20H28ClN5O. The van der Waals surface area contributed by atoms with Gasteiger partial charge in [0.05, 0.1) is 0 Å². The van der Waals surface area contributed by atoms with E-state index in [0.29, 0.717) is 11.8 Å². The zero-order valence-electron chi connectivity index (χ0n) is 16.1. The highest BCUT2D eigenvalue weighted by Crippen LogP contribution is 2.58. The third-order valence-corrected chi connectivity index (χ3v) is 5.85.